The van der Waals surface area contributed by atoms with Gasteiger partial charge in [0, 0.05) is 13.2 Å². The van der Waals surface area contributed by atoms with Gasteiger partial charge < -0.3 is 24.4 Å². The SMILES string of the molecule is CCCCCCCCOCCCC.OCCOCCOCCO. The monoisotopic (exact) mass is 336 g/mol. The van der Waals surface area contributed by atoms with E-state index in [4.69, 9.17) is 24.4 Å². The van der Waals surface area contributed by atoms with Gasteiger partial charge in [-0.1, -0.05) is 52.4 Å². The molecule has 0 aromatic carbocycles. The second-order valence-electron chi connectivity index (χ2n) is 5.41. The Morgan fingerprint density at radius 3 is 1.43 bits per heavy atom. The first-order valence-electron chi connectivity index (χ1n) is 9.28. The molecule has 0 aliphatic carbocycles. The second kappa shape index (κ2) is 26.7. The lowest BCUT2D eigenvalue weighted by atomic mass is 10.1. The highest BCUT2D eigenvalue weighted by atomic mass is 16.5. The van der Waals surface area contributed by atoms with Crippen molar-refractivity contribution >= 4 is 0 Å². The minimum Gasteiger partial charge on any atom is -0.394 e. The summed E-state index contributed by atoms with van der Waals surface area (Å²) in [5.74, 6) is 0. The third-order valence-electron chi connectivity index (χ3n) is 3.13. The summed E-state index contributed by atoms with van der Waals surface area (Å²) in [4.78, 5) is 0. The highest BCUT2D eigenvalue weighted by Gasteiger charge is 1.90. The summed E-state index contributed by atoms with van der Waals surface area (Å²) in [5, 5.41) is 16.5. The Bertz CT molecular complexity index is 161. The van der Waals surface area contributed by atoms with Gasteiger partial charge >= 0.3 is 0 Å². The first-order valence-corrected chi connectivity index (χ1v) is 9.28. The Kier molecular flexibility index (Phi) is 29.1. The van der Waals surface area contributed by atoms with Crippen molar-refractivity contribution in [3.05, 3.63) is 0 Å². The summed E-state index contributed by atoms with van der Waals surface area (Å²) < 4.78 is 15.2. The summed E-state index contributed by atoms with van der Waals surface area (Å²) >= 11 is 0. The van der Waals surface area contributed by atoms with Crippen LogP contribution in [0.15, 0.2) is 0 Å². The van der Waals surface area contributed by atoms with Gasteiger partial charge in [-0.2, -0.15) is 0 Å². The number of hydrogen-bond donors (Lipinski definition) is 2. The summed E-state index contributed by atoms with van der Waals surface area (Å²) in [5.41, 5.74) is 0. The molecule has 0 aliphatic rings. The van der Waals surface area contributed by atoms with Crippen molar-refractivity contribution in [3.63, 3.8) is 0 Å². The van der Waals surface area contributed by atoms with E-state index in [9.17, 15) is 0 Å². The summed E-state index contributed by atoms with van der Waals surface area (Å²) in [6, 6.07) is 0. The van der Waals surface area contributed by atoms with Crippen LogP contribution < -0.4 is 0 Å². The van der Waals surface area contributed by atoms with Gasteiger partial charge in [0.15, 0.2) is 0 Å². The molecule has 0 unspecified atom stereocenters. The maximum absolute atomic E-state index is 8.26. The molecule has 0 heterocycles. The molecule has 0 atom stereocenters. The first-order chi connectivity index (χ1) is 11.3. The smallest absolute Gasteiger partial charge is 0.0701 e. The molecule has 0 aliphatic heterocycles. The first kappa shape index (κ1) is 25.0. The predicted octanol–water partition coefficient (Wildman–Crippen LogP) is 3.17. The van der Waals surface area contributed by atoms with Crippen LogP contribution in [0.3, 0.4) is 0 Å². The Labute approximate surface area is 143 Å². The van der Waals surface area contributed by atoms with E-state index < -0.39 is 0 Å². The average molecular weight is 337 g/mol. The van der Waals surface area contributed by atoms with E-state index in [1.54, 1.807) is 0 Å². The number of aliphatic hydroxyl groups excluding tert-OH is 2. The van der Waals surface area contributed by atoms with Crippen LogP contribution in [0.25, 0.3) is 0 Å². The number of rotatable bonds is 17. The molecule has 0 rings (SSSR count). The van der Waals surface area contributed by atoms with Crippen LogP contribution in [-0.4, -0.2) is 63.1 Å². The zero-order valence-electron chi connectivity index (χ0n) is 15.4. The molecule has 0 amide bonds. The molecule has 23 heavy (non-hydrogen) atoms. The highest BCUT2D eigenvalue weighted by Crippen LogP contribution is 2.04. The number of unbranched alkanes of at least 4 members (excludes halogenated alkanes) is 6. The third-order valence-corrected chi connectivity index (χ3v) is 3.13. The molecular weight excluding hydrogens is 296 g/mol. The lowest BCUT2D eigenvalue weighted by Crippen LogP contribution is -2.09. The van der Waals surface area contributed by atoms with E-state index in [0.717, 1.165) is 13.2 Å². The zero-order valence-corrected chi connectivity index (χ0v) is 15.4. The van der Waals surface area contributed by atoms with E-state index in [0.29, 0.717) is 26.4 Å². The molecule has 5 nitrogen and oxygen atoms in total. The van der Waals surface area contributed by atoms with Gasteiger partial charge in [0.2, 0.25) is 0 Å². The fourth-order valence-corrected chi connectivity index (χ4v) is 1.78. The van der Waals surface area contributed by atoms with Crippen molar-refractivity contribution in [1.82, 2.24) is 0 Å². The minimum atomic E-state index is 0.0417. The van der Waals surface area contributed by atoms with Gasteiger partial charge in [-0.3, -0.25) is 0 Å². The quantitative estimate of drug-likeness (QED) is 0.399. The lowest BCUT2D eigenvalue weighted by molar-refractivity contribution is 0.0222. The van der Waals surface area contributed by atoms with Crippen LogP contribution in [0.4, 0.5) is 0 Å². The highest BCUT2D eigenvalue weighted by molar-refractivity contribution is 4.43. The summed E-state index contributed by atoms with van der Waals surface area (Å²) in [7, 11) is 0. The number of aliphatic hydroxyl groups is 2. The van der Waals surface area contributed by atoms with Crippen molar-refractivity contribution in [2.45, 2.75) is 65.2 Å². The van der Waals surface area contributed by atoms with E-state index in [1.165, 1.54) is 51.4 Å². The van der Waals surface area contributed by atoms with E-state index in [2.05, 4.69) is 13.8 Å². The largest absolute Gasteiger partial charge is 0.394 e. The Hall–Kier alpha value is -0.200. The van der Waals surface area contributed by atoms with E-state index in [1.807, 2.05) is 0 Å². The van der Waals surface area contributed by atoms with Gasteiger partial charge in [-0.15, -0.1) is 0 Å². The van der Waals surface area contributed by atoms with Crippen LogP contribution in [0.2, 0.25) is 0 Å². The molecule has 0 saturated carbocycles. The van der Waals surface area contributed by atoms with Crippen LogP contribution in [0, 0.1) is 0 Å². The Morgan fingerprint density at radius 2 is 0.913 bits per heavy atom. The fourth-order valence-electron chi connectivity index (χ4n) is 1.78. The normalized spacial score (nSPS) is 10.4. The second-order valence-corrected chi connectivity index (χ2v) is 5.41. The van der Waals surface area contributed by atoms with Gasteiger partial charge in [0.1, 0.15) is 0 Å². The standard InChI is InChI=1S/C12H26O.C6H14O4/c1-3-5-7-8-9-10-12-13-11-6-4-2;7-1-3-9-5-6-10-4-2-8/h3-12H2,1-2H3;7-8H,1-6H2. The molecule has 0 radical (unpaired) electrons. The fraction of sp³-hybridized carbons (Fsp3) is 1.00. The van der Waals surface area contributed by atoms with Crippen molar-refractivity contribution in [2.75, 3.05) is 52.9 Å². The topological polar surface area (TPSA) is 68.2 Å². The van der Waals surface area contributed by atoms with Crippen molar-refractivity contribution in [1.29, 1.82) is 0 Å². The van der Waals surface area contributed by atoms with Crippen LogP contribution >= 0.6 is 0 Å². The molecule has 0 aromatic rings. The minimum absolute atomic E-state index is 0.0417. The molecule has 142 valence electrons. The Balaban J connectivity index is 0. The van der Waals surface area contributed by atoms with Crippen LogP contribution in [-0.2, 0) is 14.2 Å². The number of ether oxygens (including phenoxy) is 3. The van der Waals surface area contributed by atoms with Gasteiger partial charge in [0.25, 0.3) is 0 Å². The van der Waals surface area contributed by atoms with Crippen LogP contribution in [0.5, 0.6) is 0 Å². The lowest BCUT2D eigenvalue weighted by Gasteiger charge is -2.02. The maximum Gasteiger partial charge on any atom is 0.0701 e. The molecule has 0 aromatic heterocycles. The summed E-state index contributed by atoms with van der Waals surface area (Å²) in [6.07, 6.45) is 10.6. The number of hydrogen-bond acceptors (Lipinski definition) is 5. The third kappa shape index (κ3) is 30.3. The molecule has 0 bridgehead atoms. The maximum atomic E-state index is 8.26. The summed E-state index contributed by atoms with van der Waals surface area (Å²) in [6.45, 7) is 8.13. The van der Waals surface area contributed by atoms with Crippen molar-refractivity contribution in [3.8, 4) is 0 Å². The van der Waals surface area contributed by atoms with Gasteiger partial charge in [0.05, 0.1) is 39.6 Å². The van der Waals surface area contributed by atoms with Gasteiger partial charge in [-0.25, -0.2) is 0 Å². The van der Waals surface area contributed by atoms with E-state index in [-0.39, 0.29) is 13.2 Å². The average Bonchev–Trinajstić information content (AvgIpc) is 2.57. The van der Waals surface area contributed by atoms with Crippen molar-refractivity contribution in [2.24, 2.45) is 0 Å². The van der Waals surface area contributed by atoms with Gasteiger partial charge in [-0.05, 0) is 12.8 Å². The Morgan fingerprint density at radius 1 is 0.478 bits per heavy atom. The predicted molar refractivity (Wildman–Crippen MR) is 94.9 cm³/mol. The molecular formula is C18H40O5. The van der Waals surface area contributed by atoms with Crippen LogP contribution in [0.1, 0.15) is 65.2 Å². The molecule has 0 spiro atoms. The molecule has 0 fully saturated rings. The zero-order chi connectivity index (χ0) is 17.4. The molecule has 2 N–H and O–H groups in total. The molecule has 0 saturated heterocycles. The van der Waals surface area contributed by atoms with Crippen molar-refractivity contribution < 1.29 is 24.4 Å². The van der Waals surface area contributed by atoms with E-state index >= 15 is 0 Å². The molecule has 5 heteroatoms.